The molecule has 0 aliphatic carbocycles. The van der Waals surface area contributed by atoms with E-state index in [1.165, 1.54) is 5.56 Å². The van der Waals surface area contributed by atoms with Crippen molar-refractivity contribution in [3.05, 3.63) is 34.9 Å². The highest BCUT2D eigenvalue weighted by Crippen LogP contribution is 2.22. The van der Waals surface area contributed by atoms with Gasteiger partial charge in [0.2, 0.25) is 5.91 Å². The fraction of sp³-hybridized carbons (Fsp3) is 0.571. The molecular weight excluding hydrogens is 410 g/mol. The van der Waals surface area contributed by atoms with Crippen LogP contribution in [0, 0.1) is 5.92 Å². The highest BCUT2D eigenvalue weighted by Gasteiger charge is 2.30. The van der Waals surface area contributed by atoms with E-state index in [0.29, 0.717) is 5.91 Å². The van der Waals surface area contributed by atoms with Gasteiger partial charge in [-0.15, -0.1) is 0 Å². The summed E-state index contributed by atoms with van der Waals surface area (Å²) in [6, 6.07) is 8.08. The molecule has 3 rings (SSSR count). The van der Waals surface area contributed by atoms with Crippen LogP contribution in [-0.4, -0.2) is 88.6 Å². The molecule has 1 amide bonds. The van der Waals surface area contributed by atoms with Crippen molar-refractivity contribution in [2.45, 2.75) is 26.3 Å². The maximum Gasteiger partial charge on any atom is 0.414 e. The number of piperazine rings is 1. The number of halogens is 1. The minimum atomic E-state index is -1.82. The summed E-state index contributed by atoms with van der Waals surface area (Å²) in [4.78, 5) is 37.9. The van der Waals surface area contributed by atoms with Crippen molar-refractivity contribution in [2.24, 2.45) is 5.92 Å². The van der Waals surface area contributed by atoms with Crippen LogP contribution in [0.4, 0.5) is 0 Å². The highest BCUT2D eigenvalue weighted by molar-refractivity contribution is 6.30. The number of hydrogen-bond acceptors (Lipinski definition) is 5. The first-order chi connectivity index (χ1) is 14.3. The molecule has 0 aromatic heterocycles. The van der Waals surface area contributed by atoms with Gasteiger partial charge in [-0.2, -0.15) is 0 Å². The molecule has 0 saturated carbocycles. The number of hydrogen-bond donors (Lipinski definition) is 2. The number of amides is 1. The lowest BCUT2D eigenvalue weighted by Gasteiger charge is -2.38. The van der Waals surface area contributed by atoms with Crippen LogP contribution in [0.25, 0.3) is 0 Å². The van der Waals surface area contributed by atoms with E-state index in [0.717, 1.165) is 70.2 Å². The largest absolute Gasteiger partial charge is 0.473 e. The van der Waals surface area contributed by atoms with Gasteiger partial charge in [-0.25, -0.2) is 9.59 Å². The molecule has 166 valence electrons. The quantitative estimate of drug-likeness (QED) is 0.690. The molecule has 2 fully saturated rings. The molecule has 30 heavy (non-hydrogen) atoms. The molecule has 0 bridgehead atoms. The second kappa shape index (κ2) is 11.9. The molecule has 8 nitrogen and oxygen atoms in total. The van der Waals surface area contributed by atoms with E-state index in [4.69, 9.17) is 31.4 Å². The normalized spacial score (nSPS) is 18.4. The van der Waals surface area contributed by atoms with E-state index in [-0.39, 0.29) is 5.92 Å². The van der Waals surface area contributed by atoms with Gasteiger partial charge in [-0.05, 0) is 50.2 Å². The van der Waals surface area contributed by atoms with Crippen LogP contribution in [0.1, 0.15) is 25.3 Å². The summed E-state index contributed by atoms with van der Waals surface area (Å²) in [5.74, 6) is -3.04. The number of carboxylic acids is 2. The lowest BCUT2D eigenvalue weighted by molar-refractivity contribution is -0.159. The third-order valence-electron chi connectivity index (χ3n) is 5.57. The third kappa shape index (κ3) is 7.59. The molecule has 0 spiro atoms. The third-order valence-corrected chi connectivity index (χ3v) is 5.82. The van der Waals surface area contributed by atoms with Crippen molar-refractivity contribution in [1.82, 2.24) is 14.7 Å². The molecule has 2 aliphatic heterocycles. The number of piperidine rings is 1. The number of nitrogens with zero attached hydrogens (tertiary/aromatic N) is 3. The van der Waals surface area contributed by atoms with Crippen molar-refractivity contribution in [1.29, 1.82) is 0 Å². The van der Waals surface area contributed by atoms with Gasteiger partial charge in [0.25, 0.3) is 0 Å². The molecule has 9 heteroatoms. The molecular formula is C21H30ClN3O5. The van der Waals surface area contributed by atoms with Crippen LogP contribution in [0.3, 0.4) is 0 Å². The molecule has 0 radical (unpaired) electrons. The lowest BCUT2D eigenvalue weighted by Crippen LogP contribution is -2.51. The second-order valence-corrected chi connectivity index (χ2v) is 7.98. The summed E-state index contributed by atoms with van der Waals surface area (Å²) in [6.07, 6.45) is 1.97. The van der Waals surface area contributed by atoms with Crippen LogP contribution in [0.2, 0.25) is 5.02 Å². The number of likely N-dealkylation sites (N-methyl/N-ethyl adjacent to an activating group) is 1. The number of benzene rings is 1. The van der Waals surface area contributed by atoms with Gasteiger partial charge in [-0.3, -0.25) is 9.69 Å². The molecule has 2 aliphatic rings. The number of aliphatic carboxylic acids is 2. The molecule has 0 atom stereocenters. The van der Waals surface area contributed by atoms with E-state index in [2.05, 4.69) is 33.8 Å². The van der Waals surface area contributed by atoms with Crippen LogP contribution >= 0.6 is 11.6 Å². The monoisotopic (exact) mass is 439 g/mol. The Morgan fingerprint density at radius 2 is 1.43 bits per heavy atom. The Balaban J connectivity index is 0.000000469. The van der Waals surface area contributed by atoms with Gasteiger partial charge in [-0.1, -0.05) is 30.7 Å². The standard InChI is InChI=1S/C19H28ClN3O.C2H2O4/c1-2-21-11-13-23(14-12-21)19(24)17-7-9-22(10-8-17)15-16-3-5-18(20)6-4-16;3-1(4)2(5)6/h3-6,17H,2,7-15H2,1H3;(H,3,4)(H,5,6). The topological polar surface area (TPSA) is 101 Å². The summed E-state index contributed by atoms with van der Waals surface area (Å²) in [7, 11) is 0. The number of carboxylic acid groups (broad SMARTS) is 2. The molecule has 1 aromatic rings. The summed E-state index contributed by atoms with van der Waals surface area (Å²) in [6.45, 7) is 10.1. The molecule has 2 heterocycles. The van der Waals surface area contributed by atoms with E-state index in [9.17, 15) is 4.79 Å². The van der Waals surface area contributed by atoms with Crippen molar-refractivity contribution < 1.29 is 24.6 Å². The first kappa shape index (κ1) is 24.1. The number of likely N-dealkylation sites (tertiary alicyclic amines) is 1. The smallest absolute Gasteiger partial charge is 0.414 e. The van der Waals surface area contributed by atoms with E-state index in [1.807, 2.05) is 12.1 Å². The maximum atomic E-state index is 12.7. The van der Waals surface area contributed by atoms with Crippen molar-refractivity contribution in [3.8, 4) is 0 Å². The average Bonchev–Trinajstić information content (AvgIpc) is 2.76. The zero-order chi connectivity index (χ0) is 22.1. The Hall–Kier alpha value is -2.16. The lowest BCUT2D eigenvalue weighted by atomic mass is 9.94. The van der Waals surface area contributed by atoms with Crippen LogP contribution in [0.5, 0.6) is 0 Å². The van der Waals surface area contributed by atoms with E-state index >= 15 is 0 Å². The molecule has 2 N–H and O–H groups in total. The van der Waals surface area contributed by atoms with Crippen molar-refractivity contribution in [2.75, 3.05) is 45.8 Å². The van der Waals surface area contributed by atoms with Gasteiger partial charge >= 0.3 is 11.9 Å². The first-order valence-corrected chi connectivity index (χ1v) is 10.6. The SMILES string of the molecule is CCN1CCN(C(=O)C2CCN(Cc3ccc(Cl)cc3)CC2)CC1.O=C(O)C(=O)O. The molecule has 1 aromatic carbocycles. The van der Waals surface area contributed by atoms with Crippen LogP contribution in [-0.2, 0) is 20.9 Å². The van der Waals surface area contributed by atoms with Gasteiger partial charge in [0, 0.05) is 43.7 Å². The number of carbonyl (C=O) groups excluding carboxylic acids is 1. The fourth-order valence-electron chi connectivity index (χ4n) is 3.73. The van der Waals surface area contributed by atoms with Crippen LogP contribution < -0.4 is 0 Å². The zero-order valence-corrected chi connectivity index (χ0v) is 18.1. The maximum absolute atomic E-state index is 12.7. The number of rotatable bonds is 4. The zero-order valence-electron chi connectivity index (χ0n) is 17.3. The Morgan fingerprint density at radius 1 is 0.900 bits per heavy atom. The molecule has 2 saturated heterocycles. The summed E-state index contributed by atoms with van der Waals surface area (Å²) < 4.78 is 0. The summed E-state index contributed by atoms with van der Waals surface area (Å²) in [5.41, 5.74) is 1.29. The Labute approximate surface area is 182 Å². The minimum Gasteiger partial charge on any atom is -0.473 e. The van der Waals surface area contributed by atoms with Crippen molar-refractivity contribution >= 4 is 29.4 Å². The fourth-order valence-corrected chi connectivity index (χ4v) is 3.85. The Morgan fingerprint density at radius 3 is 1.90 bits per heavy atom. The second-order valence-electron chi connectivity index (χ2n) is 7.55. The van der Waals surface area contributed by atoms with E-state index in [1.54, 1.807) is 0 Å². The Kier molecular flexibility index (Phi) is 9.55. The average molecular weight is 440 g/mol. The first-order valence-electron chi connectivity index (χ1n) is 10.2. The van der Waals surface area contributed by atoms with Crippen LogP contribution in [0.15, 0.2) is 24.3 Å². The van der Waals surface area contributed by atoms with Gasteiger partial charge in [0.15, 0.2) is 0 Å². The van der Waals surface area contributed by atoms with Crippen molar-refractivity contribution in [3.63, 3.8) is 0 Å². The Bertz CT molecular complexity index is 700. The number of carbonyl (C=O) groups is 3. The van der Waals surface area contributed by atoms with Gasteiger partial charge in [0.1, 0.15) is 0 Å². The summed E-state index contributed by atoms with van der Waals surface area (Å²) >= 11 is 5.94. The van der Waals surface area contributed by atoms with Gasteiger partial charge < -0.3 is 20.0 Å². The summed E-state index contributed by atoms with van der Waals surface area (Å²) in [5, 5.41) is 15.6. The van der Waals surface area contributed by atoms with E-state index < -0.39 is 11.9 Å². The minimum absolute atomic E-state index is 0.222. The van der Waals surface area contributed by atoms with Gasteiger partial charge in [0.05, 0.1) is 0 Å². The predicted molar refractivity (Wildman–Crippen MR) is 113 cm³/mol. The predicted octanol–water partition coefficient (Wildman–Crippen LogP) is 1.87. The molecule has 0 unspecified atom stereocenters. The highest BCUT2D eigenvalue weighted by atomic mass is 35.5.